The number of halogens is 1. The summed E-state index contributed by atoms with van der Waals surface area (Å²) >= 11 is 5.91. The van der Waals surface area contributed by atoms with E-state index in [1.807, 2.05) is 41.3 Å². The summed E-state index contributed by atoms with van der Waals surface area (Å²) < 4.78 is 5.43. The van der Waals surface area contributed by atoms with E-state index >= 15 is 0 Å². The molecule has 2 heterocycles. The first-order chi connectivity index (χ1) is 13.6. The number of methoxy groups -OCH3 is 1. The second-order valence-electron chi connectivity index (χ2n) is 8.18. The molecular weight excluding hydrogens is 372 g/mol. The second-order valence-corrected chi connectivity index (χ2v) is 8.62. The Balaban J connectivity index is 1.16. The van der Waals surface area contributed by atoms with Crippen LogP contribution in [-0.4, -0.2) is 55.5 Å². The van der Waals surface area contributed by atoms with Crippen molar-refractivity contribution >= 4 is 17.5 Å². The summed E-state index contributed by atoms with van der Waals surface area (Å²) in [5.74, 6) is 1.21. The van der Waals surface area contributed by atoms with Crippen molar-refractivity contribution in [2.75, 3.05) is 39.8 Å². The quantitative estimate of drug-likeness (QED) is 0.713. The van der Waals surface area contributed by atoms with Gasteiger partial charge in [0, 0.05) is 36.6 Å². The zero-order chi connectivity index (χ0) is 19.6. The third-order valence-corrected chi connectivity index (χ3v) is 6.16. The molecule has 5 heteroatoms. The number of amides is 1. The molecule has 4 rings (SSSR count). The number of carbonyl (C=O) groups excluding carboxylic acids is 1. The maximum absolute atomic E-state index is 12.4. The molecule has 2 saturated heterocycles. The number of rotatable bonds is 7. The van der Waals surface area contributed by atoms with Crippen molar-refractivity contribution in [2.45, 2.75) is 19.3 Å². The Kier molecular flexibility index (Phi) is 5.61. The van der Waals surface area contributed by atoms with Gasteiger partial charge in [0.2, 0.25) is 5.91 Å². The van der Waals surface area contributed by atoms with E-state index in [0.29, 0.717) is 16.9 Å². The minimum atomic E-state index is 0.225. The van der Waals surface area contributed by atoms with E-state index in [0.717, 1.165) is 56.9 Å². The number of carbonyl (C=O) groups is 1. The lowest BCUT2D eigenvalue weighted by molar-refractivity contribution is -0.158. The summed E-state index contributed by atoms with van der Waals surface area (Å²) in [5.41, 5.74) is 2.66. The Bertz CT molecular complexity index is 823. The minimum Gasteiger partial charge on any atom is -0.496 e. The molecule has 0 aliphatic carbocycles. The van der Waals surface area contributed by atoms with Crippen LogP contribution < -0.4 is 4.74 Å². The van der Waals surface area contributed by atoms with Crippen molar-refractivity contribution in [3.63, 3.8) is 0 Å². The number of hydrogen-bond donors (Lipinski definition) is 0. The highest BCUT2D eigenvalue weighted by molar-refractivity contribution is 6.30. The summed E-state index contributed by atoms with van der Waals surface area (Å²) in [4.78, 5) is 17.0. The van der Waals surface area contributed by atoms with Crippen LogP contribution in [0.4, 0.5) is 0 Å². The van der Waals surface area contributed by atoms with Gasteiger partial charge >= 0.3 is 0 Å². The molecule has 4 nitrogen and oxygen atoms in total. The monoisotopic (exact) mass is 398 g/mol. The first kappa shape index (κ1) is 19.3. The van der Waals surface area contributed by atoms with Crippen molar-refractivity contribution in [1.82, 2.24) is 9.80 Å². The van der Waals surface area contributed by atoms with Crippen molar-refractivity contribution < 1.29 is 9.53 Å². The Morgan fingerprint density at radius 3 is 2.50 bits per heavy atom. The number of nitrogens with zero attached hydrogens (tertiary/aromatic N) is 2. The molecule has 2 aliphatic rings. The van der Waals surface area contributed by atoms with Crippen LogP contribution in [0.25, 0.3) is 0 Å². The number of ether oxygens (including phenoxy) is 1. The predicted octanol–water partition coefficient (Wildman–Crippen LogP) is 3.67. The standard InChI is InChI=1S/C23H27ClN2O2/c1-28-21-7-3-2-5-19(21)6-4-12-25-14-23(15-25)16-26(17-23)22(27)13-18-8-10-20(24)11-9-18/h2-3,5,7-11H,4,6,12-17H2,1H3. The Morgan fingerprint density at radius 2 is 1.79 bits per heavy atom. The molecule has 0 unspecified atom stereocenters. The highest BCUT2D eigenvalue weighted by Crippen LogP contribution is 2.40. The third-order valence-electron chi connectivity index (χ3n) is 5.90. The molecule has 2 aromatic rings. The van der Waals surface area contributed by atoms with E-state index in [2.05, 4.69) is 17.0 Å². The molecule has 2 fully saturated rings. The van der Waals surface area contributed by atoms with E-state index < -0.39 is 0 Å². The van der Waals surface area contributed by atoms with Crippen LogP contribution >= 0.6 is 11.6 Å². The summed E-state index contributed by atoms with van der Waals surface area (Å²) in [7, 11) is 1.73. The molecule has 28 heavy (non-hydrogen) atoms. The van der Waals surface area contributed by atoms with Crippen molar-refractivity contribution in [1.29, 1.82) is 0 Å². The van der Waals surface area contributed by atoms with E-state index in [1.165, 1.54) is 5.56 Å². The van der Waals surface area contributed by atoms with Gasteiger partial charge in [0.05, 0.1) is 13.5 Å². The number of aryl methyl sites for hydroxylation is 1. The topological polar surface area (TPSA) is 32.8 Å². The van der Waals surface area contributed by atoms with Crippen LogP contribution in [0, 0.1) is 5.41 Å². The average molecular weight is 399 g/mol. The van der Waals surface area contributed by atoms with Crippen LogP contribution in [0.1, 0.15) is 17.5 Å². The van der Waals surface area contributed by atoms with Gasteiger partial charge in [0.1, 0.15) is 5.75 Å². The smallest absolute Gasteiger partial charge is 0.227 e. The molecule has 2 aliphatic heterocycles. The first-order valence-corrected chi connectivity index (χ1v) is 10.3. The predicted molar refractivity (Wildman–Crippen MR) is 112 cm³/mol. The lowest BCUT2D eigenvalue weighted by Crippen LogP contribution is -2.73. The van der Waals surface area contributed by atoms with Gasteiger partial charge in [-0.3, -0.25) is 4.79 Å². The molecule has 2 aromatic carbocycles. The third kappa shape index (κ3) is 4.18. The fraction of sp³-hybridized carbons (Fsp3) is 0.435. The highest BCUT2D eigenvalue weighted by Gasteiger charge is 2.52. The summed E-state index contributed by atoms with van der Waals surface area (Å²) in [6.07, 6.45) is 2.64. The van der Waals surface area contributed by atoms with Gasteiger partial charge in [0.25, 0.3) is 0 Å². The van der Waals surface area contributed by atoms with Crippen molar-refractivity contribution in [3.05, 3.63) is 64.7 Å². The van der Waals surface area contributed by atoms with Crippen molar-refractivity contribution in [2.24, 2.45) is 5.41 Å². The molecule has 1 spiro atoms. The summed E-state index contributed by atoms with van der Waals surface area (Å²) in [6.45, 7) is 5.15. The molecule has 0 bridgehead atoms. The maximum Gasteiger partial charge on any atom is 0.227 e. The van der Waals surface area contributed by atoms with E-state index in [1.54, 1.807) is 7.11 Å². The Labute approximate surface area is 172 Å². The van der Waals surface area contributed by atoms with Gasteiger partial charge in [-0.25, -0.2) is 0 Å². The molecular formula is C23H27ClN2O2. The fourth-order valence-corrected chi connectivity index (χ4v) is 4.62. The normalized spacial score (nSPS) is 17.9. The van der Waals surface area contributed by atoms with Gasteiger partial charge < -0.3 is 14.5 Å². The van der Waals surface area contributed by atoms with E-state index in [9.17, 15) is 4.79 Å². The van der Waals surface area contributed by atoms with E-state index in [4.69, 9.17) is 16.3 Å². The van der Waals surface area contributed by atoms with Crippen LogP contribution in [-0.2, 0) is 17.6 Å². The zero-order valence-corrected chi connectivity index (χ0v) is 17.1. The minimum absolute atomic E-state index is 0.225. The molecule has 0 saturated carbocycles. The molecule has 0 atom stereocenters. The van der Waals surface area contributed by atoms with Crippen molar-refractivity contribution in [3.8, 4) is 5.75 Å². The molecule has 1 amide bonds. The number of hydrogen-bond acceptors (Lipinski definition) is 3. The van der Waals surface area contributed by atoms with Crippen LogP contribution in [0.15, 0.2) is 48.5 Å². The Hall–Kier alpha value is -2.04. The molecule has 0 radical (unpaired) electrons. The van der Waals surface area contributed by atoms with Gasteiger partial charge in [-0.2, -0.15) is 0 Å². The Morgan fingerprint density at radius 1 is 1.07 bits per heavy atom. The van der Waals surface area contributed by atoms with Crippen LogP contribution in [0.3, 0.4) is 0 Å². The molecule has 148 valence electrons. The summed E-state index contributed by atoms with van der Waals surface area (Å²) in [6, 6.07) is 15.8. The second kappa shape index (κ2) is 8.14. The van der Waals surface area contributed by atoms with Crippen LogP contribution in [0.2, 0.25) is 5.02 Å². The molecule has 0 aromatic heterocycles. The lowest BCUT2D eigenvalue weighted by Gasteiger charge is -2.60. The molecule has 0 N–H and O–H groups in total. The SMILES string of the molecule is COc1ccccc1CCCN1CC2(C1)CN(C(=O)Cc1ccc(Cl)cc1)C2. The average Bonchev–Trinajstić information content (AvgIpc) is 2.64. The maximum atomic E-state index is 12.4. The zero-order valence-electron chi connectivity index (χ0n) is 16.4. The number of benzene rings is 2. The highest BCUT2D eigenvalue weighted by atomic mass is 35.5. The largest absolute Gasteiger partial charge is 0.496 e. The van der Waals surface area contributed by atoms with Crippen LogP contribution in [0.5, 0.6) is 5.75 Å². The van der Waals surface area contributed by atoms with Gasteiger partial charge in [-0.1, -0.05) is 41.9 Å². The lowest BCUT2D eigenvalue weighted by atomic mass is 9.72. The number of likely N-dealkylation sites (tertiary alicyclic amines) is 2. The van der Waals surface area contributed by atoms with Gasteiger partial charge in [0.15, 0.2) is 0 Å². The van der Waals surface area contributed by atoms with Gasteiger partial charge in [-0.05, 0) is 48.7 Å². The summed E-state index contributed by atoms with van der Waals surface area (Å²) in [5, 5.41) is 0.708. The number of para-hydroxylation sites is 1. The first-order valence-electron chi connectivity index (χ1n) is 9.93. The van der Waals surface area contributed by atoms with Gasteiger partial charge in [-0.15, -0.1) is 0 Å². The fourth-order valence-electron chi connectivity index (χ4n) is 4.49. The van der Waals surface area contributed by atoms with E-state index in [-0.39, 0.29) is 5.91 Å².